The van der Waals surface area contributed by atoms with Crippen LogP contribution in [0.15, 0.2) is 6.20 Å². The van der Waals surface area contributed by atoms with Gasteiger partial charge in [-0.15, -0.1) is 0 Å². The number of anilines is 1. The van der Waals surface area contributed by atoms with Crippen LogP contribution in [0.1, 0.15) is 24.2 Å². The van der Waals surface area contributed by atoms with Gasteiger partial charge in [0.25, 0.3) is 0 Å². The number of esters is 1. The lowest BCUT2D eigenvalue weighted by molar-refractivity contribution is -0.384. The van der Waals surface area contributed by atoms with Crippen LogP contribution in [0.3, 0.4) is 0 Å². The van der Waals surface area contributed by atoms with E-state index in [1.807, 2.05) is 0 Å². The number of carbonyl (C=O) groups is 1. The van der Waals surface area contributed by atoms with Crippen LogP contribution in [0.4, 0.5) is 11.5 Å². The smallest absolute Gasteiger partial charge is 0.338 e. The quantitative estimate of drug-likeness (QED) is 0.383. The fourth-order valence-electron chi connectivity index (χ4n) is 1.68. The zero-order chi connectivity index (χ0) is 15.4. The van der Waals surface area contributed by atoms with Gasteiger partial charge in [0.05, 0.1) is 11.5 Å². The molecule has 2 unspecified atom stereocenters. The van der Waals surface area contributed by atoms with Crippen LogP contribution >= 0.6 is 0 Å². The van der Waals surface area contributed by atoms with Gasteiger partial charge < -0.3 is 20.7 Å². The van der Waals surface area contributed by atoms with E-state index < -0.39 is 28.8 Å². The van der Waals surface area contributed by atoms with E-state index in [4.69, 9.17) is 5.73 Å². The predicted octanol–water partition coefficient (Wildman–Crippen LogP) is -0.162. The zero-order valence-electron chi connectivity index (χ0n) is 10.9. The van der Waals surface area contributed by atoms with Gasteiger partial charge >= 0.3 is 11.7 Å². The minimum atomic E-state index is -1.86. The second-order valence-corrected chi connectivity index (χ2v) is 3.97. The van der Waals surface area contributed by atoms with Gasteiger partial charge in [0, 0.05) is 17.3 Å². The molecule has 1 aromatic heterocycles. The topological polar surface area (TPSA) is 149 Å². The number of nitro groups is 1. The highest BCUT2D eigenvalue weighted by atomic mass is 16.6. The number of pyridine rings is 1. The largest absolute Gasteiger partial charge is 0.464 e. The highest BCUT2D eigenvalue weighted by Crippen LogP contribution is 2.31. The summed E-state index contributed by atoms with van der Waals surface area (Å²) in [6, 6.07) is 0. The Morgan fingerprint density at radius 2 is 2.20 bits per heavy atom. The van der Waals surface area contributed by atoms with Crippen molar-refractivity contribution in [2.45, 2.75) is 26.1 Å². The fourth-order valence-corrected chi connectivity index (χ4v) is 1.68. The monoisotopic (exact) mass is 285 g/mol. The molecule has 0 radical (unpaired) electrons. The van der Waals surface area contributed by atoms with Crippen LogP contribution in [0.5, 0.6) is 0 Å². The van der Waals surface area contributed by atoms with Crippen molar-refractivity contribution in [3.05, 3.63) is 27.4 Å². The standard InChI is InChI=1S/C11H15N3O6/c1-3-20-11(17)9(16)8(15)6-4-13-10(12)7(5(6)2)14(18)19/h4,8-9,15-16H,3H2,1-2H3,(H2,12,13). The van der Waals surface area contributed by atoms with E-state index in [2.05, 4.69) is 9.72 Å². The Morgan fingerprint density at radius 3 is 2.70 bits per heavy atom. The minimum absolute atomic E-state index is 0.0262. The molecule has 0 aliphatic rings. The van der Waals surface area contributed by atoms with Gasteiger partial charge in [-0.05, 0) is 13.8 Å². The Labute approximate surface area is 114 Å². The van der Waals surface area contributed by atoms with Crippen molar-refractivity contribution in [1.82, 2.24) is 4.98 Å². The molecule has 2 atom stereocenters. The molecule has 0 amide bonds. The molecule has 0 bridgehead atoms. The maximum absolute atomic E-state index is 11.3. The number of carbonyl (C=O) groups excluding carboxylic acids is 1. The van der Waals surface area contributed by atoms with E-state index in [0.29, 0.717) is 0 Å². The molecule has 20 heavy (non-hydrogen) atoms. The van der Waals surface area contributed by atoms with Crippen molar-refractivity contribution in [3.8, 4) is 0 Å². The number of nitrogen functional groups attached to an aromatic ring is 1. The van der Waals surface area contributed by atoms with Crippen molar-refractivity contribution in [2.75, 3.05) is 12.3 Å². The summed E-state index contributed by atoms with van der Waals surface area (Å²) in [5.74, 6) is -1.34. The number of rotatable bonds is 5. The second-order valence-electron chi connectivity index (χ2n) is 3.97. The number of aromatic nitrogens is 1. The summed E-state index contributed by atoms with van der Waals surface area (Å²) >= 11 is 0. The number of hydrogen-bond acceptors (Lipinski definition) is 8. The van der Waals surface area contributed by atoms with E-state index in [1.165, 1.54) is 13.8 Å². The van der Waals surface area contributed by atoms with Gasteiger partial charge in [-0.1, -0.05) is 0 Å². The van der Waals surface area contributed by atoms with Crippen LogP contribution in [0.2, 0.25) is 0 Å². The SMILES string of the molecule is CCOC(=O)C(O)C(O)c1cnc(N)c([N+](=O)[O-])c1C. The predicted molar refractivity (Wildman–Crippen MR) is 67.6 cm³/mol. The first kappa shape index (κ1) is 15.8. The molecule has 0 saturated heterocycles. The molecule has 4 N–H and O–H groups in total. The first-order chi connectivity index (χ1) is 9.31. The van der Waals surface area contributed by atoms with Gasteiger partial charge in [0.15, 0.2) is 6.10 Å². The van der Waals surface area contributed by atoms with Crippen molar-refractivity contribution in [3.63, 3.8) is 0 Å². The van der Waals surface area contributed by atoms with E-state index in [-0.39, 0.29) is 23.6 Å². The highest BCUT2D eigenvalue weighted by Gasteiger charge is 2.31. The van der Waals surface area contributed by atoms with Crippen LogP contribution in [-0.4, -0.2) is 38.8 Å². The van der Waals surface area contributed by atoms with Crippen molar-refractivity contribution in [1.29, 1.82) is 0 Å². The molecule has 1 heterocycles. The molecule has 9 heteroatoms. The first-order valence-corrected chi connectivity index (χ1v) is 5.73. The molecule has 0 spiro atoms. The third kappa shape index (κ3) is 3.00. The van der Waals surface area contributed by atoms with E-state index in [1.54, 1.807) is 0 Å². The summed E-state index contributed by atoms with van der Waals surface area (Å²) in [4.78, 5) is 25.1. The third-order valence-electron chi connectivity index (χ3n) is 2.70. The van der Waals surface area contributed by atoms with E-state index in [9.17, 15) is 25.1 Å². The van der Waals surface area contributed by atoms with Gasteiger partial charge in [0.1, 0.15) is 6.10 Å². The molecule has 0 aliphatic carbocycles. The number of hydrogen-bond donors (Lipinski definition) is 3. The maximum atomic E-state index is 11.3. The van der Waals surface area contributed by atoms with E-state index in [0.717, 1.165) is 6.20 Å². The lowest BCUT2D eigenvalue weighted by Crippen LogP contribution is -2.30. The van der Waals surface area contributed by atoms with Crippen LogP contribution in [0, 0.1) is 17.0 Å². The van der Waals surface area contributed by atoms with Crippen LogP contribution in [-0.2, 0) is 9.53 Å². The van der Waals surface area contributed by atoms with Gasteiger partial charge in [-0.25, -0.2) is 9.78 Å². The Hall–Kier alpha value is -2.26. The minimum Gasteiger partial charge on any atom is -0.464 e. The maximum Gasteiger partial charge on any atom is 0.338 e. The Kier molecular flexibility index (Phi) is 4.94. The fraction of sp³-hybridized carbons (Fsp3) is 0.455. The number of ether oxygens (including phenoxy) is 1. The molecule has 9 nitrogen and oxygen atoms in total. The molecule has 1 rings (SSSR count). The molecule has 1 aromatic rings. The van der Waals surface area contributed by atoms with Crippen LogP contribution in [0.25, 0.3) is 0 Å². The van der Waals surface area contributed by atoms with Gasteiger partial charge in [-0.2, -0.15) is 0 Å². The molecule has 0 aromatic carbocycles. The number of nitrogens with zero attached hydrogens (tertiary/aromatic N) is 2. The Bertz CT molecular complexity index is 533. The second kappa shape index (κ2) is 6.26. The summed E-state index contributed by atoms with van der Waals surface area (Å²) in [5.41, 5.74) is 4.87. The average Bonchev–Trinajstić information content (AvgIpc) is 2.37. The summed E-state index contributed by atoms with van der Waals surface area (Å²) in [6.45, 7) is 2.91. The summed E-state index contributed by atoms with van der Waals surface area (Å²) < 4.78 is 4.56. The lowest BCUT2D eigenvalue weighted by atomic mass is 10.0. The molecule has 0 saturated carbocycles. The summed E-state index contributed by atoms with van der Waals surface area (Å²) in [5, 5.41) is 30.4. The molecule has 0 fully saturated rings. The van der Waals surface area contributed by atoms with Crippen molar-refractivity contribution < 1.29 is 24.7 Å². The van der Waals surface area contributed by atoms with Gasteiger partial charge in [-0.3, -0.25) is 10.1 Å². The van der Waals surface area contributed by atoms with Gasteiger partial charge in [0.2, 0.25) is 5.82 Å². The van der Waals surface area contributed by atoms with E-state index >= 15 is 0 Å². The highest BCUT2D eigenvalue weighted by molar-refractivity contribution is 5.75. The molecule has 110 valence electrons. The van der Waals surface area contributed by atoms with Crippen LogP contribution < -0.4 is 5.73 Å². The number of aliphatic hydroxyl groups is 2. The zero-order valence-corrected chi connectivity index (χ0v) is 10.9. The molecule has 0 aliphatic heterocycles. The third-order valence-corrected chi connectivity index (χ3v) is 2.70. The number of nitrogens with two attached hydrogens (primary N) is 1. The Balaban J connectivity index is 3.17. The number of aliphatic hydroxyl groups excluding tert-OH is 2. The average molecular weight is 285 g/mol. The summed E-state index contributed by atoms with van der Waals surface area (Å²) in [6.07, 6.45) is -2.48. The summed E-state index contributed by atoms with van der Waals surface area (Å²) in [7, 11) is 0. The molecular weight excluding hydrogens is 270 g/mol. The van der Waals surface area contributed by atoms with Crippen molar-refractivity contribution >= 4 is 17.5 Å². The first-order valence-electron chi connectivity index (χ1n) is 5.73. The molecular formula is C11H15N3O6. The Morgan fingerprint density at radius 1 is 1.60 bits per heavy atom. The normalized spacial score (nSPS) is 13.6. The van der Waals surface area contributed by atoms with Crippen molar-refractivity contribution in [2.24, 2.45) is 0 Å². The lowest BCUT2D eigenvalue weighted by Gasteiger charge is -2.18.